The van der Waals surface area contributed by atoms with E-state index in [1.165, 1.54) is 12.1 Å². The van der Waals surface area contributed by atoms with Crippen molar-refractivity contribution in [1.29, 1.82) is 0 Å². The van der Waals surface area contributed by atoms with E-state index in [4.69, 9.17) is 0 Å². The molecule has 114 valence electrons. The quantitative estimate of drug-likeness (QED) is 0.521. The minimum atomic E-state index is -0.466. The van der Waals surface area contributed by atoms with Gasteiger partial charge in [-0.2, -0.15) is 0 Å². The Bertz CT molecular complexity index is 869. The number of rotatable bonds is 2. The molecule has 6 heteroatoms. The van der Waals surface area contributed by atoms with Crippen LogP contribution < -0.4 is 5.32 Å². The molecule has 1 amide bonds. The van der Waals surface area contributed by atoms with Gasteiger partial charge in [0.1, 0.15) is 0 Å². The van der Waals surface area contributed by atoms with Crippen LogP contribution in [-0.2, 0) is 4.79 Å². The first-order valence-corrected chi connectivity index (χ1v) is 6.97. The van der Waals surface area contributed by atoms with E-state index in [2.05, 4.69) is 10.3 Å². The van der Waals surface area contributed by atoms with Gasteiger partial charge in [0.25, 0.3) is 11.6 Å². The van der Waals surface area contributed by atoms with Crippen LogP contribution in [0.3, 0.4) is 0 Å². The molecule has 0 aromatic heterocycles. The molecule has 0 spiro atoms. The maximum absolute atomic E-state index is 12.4. The number of non-ortho nitro benzene ring substituents is 1. The van der Waals surface area contributed by atoms with Crippen molar-refractivity contribution in [3.05, 3.63) is 69.8 Å². The van der Waals surface area contributed by atoms with E-state index in [9.17, 15) is 14.9 Å². The molecule has 1 aliphatic heterocycles. The van der Waals surface area contributed by atoms with Gasteiger partial charge in [0.2, 0.25) is 0 Å². The second-order valence-corrected chi connectivity index (χ2v) is 5.08. The van der Waals surface area contributed by atoms with Gasteiger partial charge in [-0.15, -0.1) is 0 Å². The third-order valence-electron chi connectivity index (χ3n) is 3.47. The number of para-hydroxylation sites is 2. The van der Waals surface area contributed by atoms with Gasteiger partial charge < -0.3 is 5.32 Å². The number of benzene rings is 2. The molecule has 0 aliphatic carbocycles. The lowest BCUT2D eigenvalue weighted by atomic mass is 10.1. The molecule has 1 heterocycles. The molecule has 6 nitrogen and oxygen atoms in total. The molecule has 1 N–H and O–H groups in total. The Labute approximate surface area is 132 Å². The Morgan fingerprint density at radius 2 is 1.96 bits per heavy atom. The van der Waals surface area contributed by atoms with Crippen molar-refractivity contribution in [2.45, 2.75) is 6.92 Å². The molecule has 3 rings (SSSR count). The number of nitrogens with one attached hydrogen (secondary N) is 1. The summed E-state index contributed by atoms with van der Waals surface area (Å²) in [4.78, 5) is 27.3. The number of amides is 1. The molecule has 0 radical (unpaired) electrons. The van der Waals surface area contributed by atoms with Crippen LogP contribution >= 0.6 is 0 Å². The predicted molar refractivity (Wildman–Crippen MR) is 88.9 cm³/mol. The molecule has 0 atom stereocenters. The first-order valence-electron chi connectivity index (χ1n) is 6.97. The number of fused-ring (bicyclic) bond motifs is 1. The van der Waals surface area contributed by atoms with Crippen LogP contribution in [0, 0.1) is 10.1 Å². The zero-order valence-corrected chi connectivity index (χ0v) is 12.3. The number of anilines is 1. The highest BCUT2D eigenvalue weighted by molar-refractivity contribution is 6.29. The number of aliphatic imine (C=N–C) groups is 1. The number of nitro benzene ring substituents is 1. The molecule has 23 heavy (non-hydrogen) atoms. The third-order valence-corrected chi connectivity index (χ3v) is 3.47. The van der Waals surface area contributed by atoms with Gasteiger partial charge in [0.05, 0.1) is 27.6 Å². The molecule has 0 saturated carbocycles. The number of hydrogen-bond acceptors (Lipinski definition) is 4. The van der Waals surface area contributed by atoms with Crippen molar-refractivity contribution >= 4 is 34.8 Å². The van der Waals surface area contributed by atoms with Crippen LogP contribution in [0.25, 0.3) is 6.08 Å². The SMILES string of the molecule is CC1=Nc2ccccc2NC(=O)/C1=C\c1cccc([N+](=O)[O-])c1. The fraction of sp³-hybridized carbons (Fsp3) is 0.0588. The van der Waals surface area contributed by atoms with Crippen molar-refractivity contribution in [2.75, 3.05) is 5.32 Å². The number of carbonyl (C=O) groups excluding carboxylic acids is 1. The lowest BCUT2D eigenvalue weighted by Crippen LogP contribution is -2.17. The summed E-state index contributed by atoms with van der Waals surface area (Å²) in [6, 6.07) is 13.4. The molecule has 0 unspecified atom stereocenters. The molecule has 0 bridgehead atoms. The molecule has 2 aromatic carbocycles. The number of hydrogen-bond donors (Lipinski definition) is 1. The van der Waals surface area contributed by atoms with Crippen molar-refractivity contribution in [3.8, 4) is 0 Å². The van der Waals surface area contributed by atoms with Crippen LogP contribution in [0.2, 0.25) is 0 Å². The number of nitrogens with zero attached hydrogens (tertiary/aromatic N) is 2. The minimum Gasteiger partial charge on any atom is -0.320 e. The van der Waals surface area contributed by atoms with Crippen LogP contribution in [0.4, 0.5) is 17.1 Å². The van der Waals surface area contributed by atoms with E-state index in [0.717, 1.165) is 0 Å². The van der Waals surface area contributed by atoms with Gasteiger partial charge in [0, 0.05) is 12.1 Å². The van der Waals surface area contributed by atoms with E-state index in [1.54, 1.807) is 31.2 Å². The highest BCUT2D eigenvalue weighted by atomic mass is 16.6. The summed E-state index contributed by atoms with van der Waals surface area (Å²) in [5, 5.41) is 13.7. The molecule has 2 aromatic rings. The lowest BCUT2D eigenvalue weighted by molar-refractivity contribution is -0.384. The smallest absolute Gasteiger partial charge is 0.270 e. The largest absolute Gasteiger partial charge is 0.320 e. The highest BCUT2D eigenvalue weighted by Gasteiger charge is 2.19. The van der Waals surface area contributed by atoms with Crippen molar-refractivity contribution in [3.63, 3.8) is 0 Å². The van der Waals surface area contributed by atoms with Gasteiger partial charge in [-0.05, 0) is 30.7 Å². The van der Waals surface area contributed by atoms with E-state index >= 15 is 0 Å². The average Bonchev–Trinajstić information content (AvgIpc) is 2.65. The zero-order chi connectivity index (χ0) is 16.4. The average molecular weight is 307 g/mol. The van der Waals surface area contributed by atoms with Crippen molar-refractivity contribution < 1.29 is 9.72 Å². The van der Waals surface area contributed by atoms with Crippen LogP contribution in [0.1, 0.15) is 12.5 Å². The third kappa shape index (κ3) is 3.01. The van der Waals surface area contributed by atoms with Crippen LogP contribution in [0.15, 0.2) is 59.1 Å². The topological polar surface area (TPSA) is 84.6 Å². The number of carbonyl (C=O) groups is 1. The molecule has 0 saturated heterocycles. The molecule has 1 aliphatic rings. The highest BCUT2D eigenvalue weighted by Crippen LogP contribution is 2.29. The monoisotopic (exact) mass is 307 g/mol. The summed E-state index contributed by atoms with van der Waals surface area (Å²) >= 11 is 0. The molecular weight excluding hydrogens is 294 g/mol. The van der Waals surface area contributed by atoms with E-state index in [1.807, 2.05) is 18.2 Å². The summed E-state index contributed by atoms with van der Waals surface area (Å²) < 4.78 is 0. The van der Waals surface area contributed by atoms with Gasteiger partial charge >= 0.3 is 0 Å². The van der Waals surface area contributed by atoms with E-state index in [-0.39, 0.29) is 11.6 Å². The Morgan fingerprint density at radius 1 is 1.17 bits per heavy atom. The van der Waals surface area contributed by atoms with E-state index < -0.39 is 4.92 Å². The summed E-state index contributed by atoms with van der Waals surface area (Å²) in [5.41, 5.74) is 2.80. The van der Waals surface area contributed by atoms with Gasteiger partial charge in [-0.3, -0.25) is 19.9 Å². The first-order chi connectivity index (χ1) is 11.0. The Balaban J connectivity index is 2.05. The first kappa shape index (κ1) is 14.6. The normalized spacial score (nSPS) is 15.4. The maximum Gasteiger partial charge on any atom is 0.270 e. The maximum atomic E-state index is 12.4. The summed E-state index contributed by atoms with van der Waals surface area (Å²) in [6.07, 6.45) is 1.60. The van der Waals surface area contributed by atoms with E-state index in [0.29, 0.717) is 28.2 Å². The van der Waals surface area contributed by atoms with Crippen LogP contribution in [0.5, 0.6) is 0 Å². The Hall–Kier alpha value is -3.28. The summed E-state index contributed by atoms with van der Waals surface area (Å²) in [6.45, 7) is 1.74. The molecular formula is C17H13N3O3. The summed E-state index contributed by atoms with van der Waals surface area (Å²) in [5.74, 6) is -0.289. The van der Waals surface area contributed by atoms with Crippen LogP contribution in [-0.4, -0.2) is 16.5 Å². The second kappa shape index (κ2) is 5.84. The summed E-state index contributed by atoms with van der Waals surface area (Å²) in [7, 11) is 0. The Kier molecular flexibility index (Phi) is 3.72. The predicted octanol–water partition coefficient (Wildman–Crippen LogP) is 3.72. The number of nitro groups is 1. The fourth-order valence-electron chi connectivity index (χ4n) is 2.34. The van der Waals surface area contributed by atoms with Gasteiger partial charge in [-0.25, -0.2) is 0 Å². The molecule has 0 fully saturated rings. The Morgan fingerprint density at radius 3 is 2.74 bits per heavy atom. The van der Waals surface area contributed by atoms with Gasteiger partial charge in [-0.1, -0.05) is 24.3 Å². The van der Waals surface area contributed by atoms with Crippen molar-refractivity contribution in [1.82, 2.24) is 0 Å². The van der Waals surface area contributed by atoms with Crippen molar-refractivity contribution in [2.24, 2.45) is 4.99 Å². The second-order valence-electron chi connectivity index (χ2n) is 5.08. The lowest BCUT2D eigenvalue weighted by Gasteiger charge is -2.05. The fourth-order valence-corrected chi connectivity index (χ4v) is 2.34. The zero-order valence-electron chi connectivity index (χ0n) is 12.3. The standard InChI is InChI=1S/C17H13N3O3/c1-11-14(10-12-5-4-6-13(9-12)20(22)23)17(21)19-16-8-3-2-7-15(16)18-11/h2-10H,1H3,(H,19,21)/b14-10-. The van der Waals surface area contributed by atoms with Gasteiger partial charge in [0.15, 0.2) is 0 Å². The minimum absolute atomic E-state index is 0.0220.